The molecule has 192 valence electrons. The molecular formula is C29H24N2O7. The lowest BCUT2D eigenvalue weighted by Gasteiger charge is -2.28. The van der Waals surface area contributed by atoms with Crippen molar-refractivity contribution in [3.05, 3.63) is 102 Å². The number of nitrogens with one attached hydrogen (secondary N) is 1. The van der Waals surface area contributed by atoms with E-state index in [0.29, 0.717) is 11.1 Å². The molecule has 1 heterocycles. The van der Waals surface area contributed by atoms with Gasteiger partial charge in [-0.25, -0.2) is 19.4 Å². The predicted molar refractivity (Wildman–Crippen MR) is 137 cm³/mol. The second-order valence-corrected chi connectivity index (χ2v) is 8.80. The van der Waals surface area contributed by atoms with Gasteiger partial charge in [0.25, 0.3) is 5.72 Å². The maximum Gasteiger partial charge on any atom is 0.410 e. The number of hydrogen-bond acceptors (Lipinski definition) is 8. The molecule has 0 aliphatic heterocycles. The van der Waals surface area contributed by atoms with Gasteiger partial charge < -0.3 is 18.6 Å². The molecule has 0 radical (unpaired) electrons. The highest BCUT2D eigenvalue weighted by atomic mass is 16.6. The maximum atomic E-state index is 12.9. The molecule has 5 rings (SSSR count). The van der Waals surface area contributed by atoms with Crippen LogP contribution in [0.3, 0.4) is 0 Å². The third-order valence-corrected chi connectivity index (χ3v) is 6.27. The van der Waals surface area contributed by atoms with Crippen molar-refractivity contribution in [3.63, 3.8) is 0 Å². The van der Waals surface area contributed by atoms with Gasteiger partial charge in [-0.15, -0.1) is 0 Å². The maximum absolute atomic E-state index is 12.9. The molecule has 9 heteroatoms. The van der Waals surface area contributed by atoms with Crippen molar-refractivity contribution in [1.29, 1.82) is 0 Å². The molecule has 1 aromatic heterocycles. The molecule has 1 aliphatic rings. The molecule has 1 aliphatic carbocycles. The van der Waals surface area contributed by atoms with Gasteiger partial charge in [-0.2, -0.15) is 0 Å². The number of alkyl carbamates (subject to hydrolysis) is 1. The fourth-order valence-electron chi connectivity index (χ4n) is 4.45. The number of aromatic nitrogens is 1. The first-order valence-corrected chi connectivity index (χ1v) is 11.9. The van der Waals surface area contributed by atoms with Gasteiger partial charge in [0.05, 0.1) is 5.56 Å². The Morgan fingerprint density at radius 3 is 2.39 bits per heavy atom. The van der Waals surface area contributed by atoms with E-state index in [1.165, 1.54) is 31.5 Å². The van der Waals surface area contributed by atoms with Gasteiger partial charge in [0.2, 0.25) is 0 Å². The van der Waals surface area contributed by atoms with Crippen molar-refractivity contribution in [2.75, 3.05) is 13.2 Å². The molecule has 1 N–H and O–H groups in total. The minimum absolute atomic E-state index is 0.00835. The van der Waals surface area contributed by atoms with E-state index in [2.05, 4.69) is 16.9 Å². The Balaban J connectivity index is 1.32. The Morgan fingerprint density at radius 2 is 1.71 bits per heavy atom. The van der Waals surface area contributed by atoms with E-state index in [4.69, 9.17) is 18.6 Å². The van der Waals surface area contributed by atoms with E-state index < -0.39 is 23.8 Å². The highest BCUT2D eigenvalue weighted by molar-refractivity contribution is 5.96. The Bertz CT molecular complexity index is 1500. The van der Waals surface area contributed by atoms with Gasteiger partial charge in [0, 0.05) is 12.8 Å². The van der Waals surface area contributed by atoms with E-state index in [1.54, 1.807) is 6.07 Å². The third kappa shape index (κ3) is 4.73. The van der Waals surface area contributed by atoms with Crippen LogP contribution in [0.15, 0.2) is 90.2 Å². The van der Waals surface area contributed by atoms with Crippen LogP contribution < -0.4 is 5.32 Å². The molecule has 3 aromatic carbocycles. The summed E-state index contributed by atoms with van der Waals surface area (Å²) in [4.78, 5) is 42.7. The van der Waals surface area contributed by atoms with Crippen LogP contribution in [0.4, 0.5) is 4.79 Å². The zero-order chi connectivity index (χ0) is 26.7. The van der Waals surface area contributed by atoms with E-state index in [1.807, 2.05) is 48.5 Å². The number of fused-ring (bicyclic) bond motifs is 4. The second-order valence-electron chi connectivity index (χ2n) is 8.80. The van der Waals surface area contributed by atoms with Crippen molar-refractivity contribution < 1.29 is 33.0 Å². The molecule has 0 spiro atoms. The Labute approximate surface area is 218 Å². The molecule has 0 saturated heterocycles. The summed E-state index contributed by atoms with van der Waals surface area (Å²) in [7, 11) is 0. The number of esters is 2. The minimum Gasteiger partial charge on any atom is -0.457 e. The number of rotatable bonds is 8. The average molecular weight is 513 g/mol. The number of carbonyl (C=O) groups is 3. The first kappa shape index (κ1) is 24.8. The molecule has 0 fully saturated rings. The lowest BCUT2D eigenvalue weighted by Crippen LogP contribution is -2.56. The summed E-state index contributed by atoms with van der Waals surface area (Å²) in [6.45, 7) is 4.58. The largest absolute Gasteiger partial charge is 0.457 e. The lowest BCUT2D eigenvalue weighted by atomic mass is 9.98. The summed E-state index contributed by atoms with van der Waals surface area (Å²) in [5.74, 6) is -2.07. The van der Waals surface area contributed by atoms with Gasteiger partial charge in [-0.05, 0) is 40.5 Å². The quantitative estimate of drug-likeness (QED) is 0.152. The lowest BCUT2D eigenvalue weighted by molar-refractivity contribution is -0.165. The molecule has 0 unspecified atom stereocenters. The number of nitrogens with zero attached hydrogens (tertiary/aromatic N) is 1. The second kappa shape index (κ2) is 10.2. The Morgan fingerprint density at radius 1 is 1.03 bits per heavy atom. The number of benzene rings is 3. The summed E-state index contributed by atoms with van der Waals surface area (Å²) in [6, 6.07) is 20.3. The van der Waals surface area contributed by atoms with Crippen LogP contribution in [0, 0.1) is 0 Å². The normalized spacial score (nSPS) is 13.6. The van der Waals surface area contributed by atoms with Crippen LogP contribution in [0.5, 0.6) is 0 Å². The molecule has 38 heavy (non-hydrogen) atoms. The zero-order valence-electron chi connectivity index (χ0n) is 20.5. The molecule has 9 nitrogen and oxygen atoms in total. The minimum atomic E-state index is -2.18. The number of oxazole rings is 1. The summed E-state index contributed by atoms with van der Waals surface area (Å²) >= 11 is 0. The highest BCUT2D eigenvalue weighted by Crippen LogP contribution is 2.44. The van der Waals surface area contributed by atoms with Gasteiger partial charge in [-0.1, -0.05) is 61.2 Å². The molecule has 0 saturated carbocycles. The van der Waals surface area contributed by atoms with Crippen molar-refractivity contribution in [3.8, 4) is 11.1 Å². The van der Waals surface area contributed by atoms with Crippen LogP contribution in [-0.4, -0.2) is 42.0 Å². The number of amides is 1. The topological polar surface area (TPSA) is 117 Å². The van der Waals surface area contributed by atoms with Gasteiger partial charge in [0.15, 0.2) is 12.0 Å². The molecule has 0 bridgehead atoms. The summed E-state index contributed by atoms with van der Waals surface area (Å²) in [5.41, 5.74) is 3.05. The van der Waals surface area contributed by atoms with E-state index in [9.17, 15) is 14.4 Å². The van der Waals surface area contributed by atoms with Crippen molar-refractivity contribution in [2.24, 2.45) is 0 Å². The van der Waals surface area contributed by atoms with Crippen molar-refractivity contribution in [2.45, 2.75) is 18.6 Å². The third-order valence-electron chi connectivity index (χ3n) is 6.27. The number of hydrogen-bond donors (Lipinski definition) is 1. The molecular weight excluding hydrogens is 488 g/mol. The highest BCUT2D eigenvalue weighted by Gasteiger charge is 2.42. The molecule has 1 atom stereocenters. The van der Waals surface area contributed by atoms with E-state index >= 15 is 0 Å². The van der Waals surface area contributed by atoms with Crippen LogP contribution in [0.2, 0.25) is 0 Å². The molecule has 1 amide bonds. The van der Waals surface area contributed by atoms with Gasteiger partial charge in [-0.3, -0.25) is 5.32 Å². The fourth-order valence-corrected chi connectivity index (χ4v) is 4.45. The van der Waals surface area contributed by atoms with E-state index in [-0.39, 0.29) is 24.7 Å². The first-order valence-electron chi connectivity index (χ1n) is 11.9. The van der Waals surface area contributed by atoms with Crippen LogP contribution in [0.25, 0.3) is 22.2 Å². The standard InChI is InChI=1S/C29H24N2O7/c1-3-14-35-27(33)29(2,38-26(32)18-12-13-25-24(15-18)30-17-37-25)31-28(34)36-16-23-21-10-6-4-8-19(21)20-9-5-7-11-22(20)23/h3-13,15,17,23H,1,14,16H2,2H3,(H,31,34)/t29-/m0/s1. The smallest absolute Gasteiger partial charge is 0.410 e. The summed E-state index contributed by atoms with van der Waals surface area (Å²) in [6.07, 6.45) is 1.64. The monoisotopic (exact) mass is 512 g/mol. The first-order chi connectivity index (χ1) is 18.4. The Hall–Kier alpha value is -4.92. The van der Waals surface area contributed by atoms with Crippen LogP contribution in [-0.2, 0) is 19.0 Å². The fraction of sp³-hybridized carbons (Fsp3) is 0.172. The van der Waals surface area contributed by atoms with Gasteiger partial charge in [0.1, 0.15) is 18.7 Å². The summed E-state index contributed by atoms with van der Waals surface area (Å²) < 4.78 is 21.3. The Kier molecular flexibility index (Phi) is 6.66. The van der Waals surface area contributed by atoms with Crippen molar-refractivity contribution >= 4 is 29.1 Å². The summed E-state index contributed by atoms with van der Waals surface area (Å²) in [5, 5.41) is 2.36. The number of carbonyl (C=O) groups excluding carboxylic acids is 3. The van der Waals surface area contributed by atoms with Crippen molar-refractivity contribution in [1.82, 2.24) is 10.3 Å². The zero-order valence-corrected chi connectivity index (χ0v) is 20.5. The van der Waals surface area contributed by atoms with Gasteiger partial charge >= 0.3 is 18.0 Å². The average Bonchev–Trinajstić information content (AvgIpc) is 3.52. The van der Waals surface area contributed by atoms with Crippen LogP contribution in [0.1, 0.15) is 34.3 Å². The molecule has 4 aromatic rings. The number of ether oxygens (including phenoxy) is 3. The SMILES string of the molecule is C=CCOC(=O)[C@@](C)(NC(=O)OCC1c2ccccc2-c2ccccc21)OC(=O)c1ccc2ocnc2c1. The van der Waals surface area contributed by atoms with Crippen LogP contribution >= 0.6 is 0 Å². The van der Waals surface area contributed by atoms with E-state index in [0.717, 1.165) is 22.3 Å². The predicted octanol–water partition coefficient (Wildman–Crippen LogP) is 4.97.